The van der Waals surface area contributed by atoms with Crippen LogP contribution in [-0.2, 0) is 14.0 Å². The number of aromatic nitrogens is 6. The van der Waals surface area contributed by atoms with Gasteiger partial charge in [-0.15, -0.1) is 10.2 Å². The molecule has 4 heterocycles. The molecule has 1 aliphatic rings. The highest BCUT2D eigenvalue weighted by Gasteiger charge is 2.28. The van der Waals surface area contributed by atoms with Crippen molar-refractivity contribution in [2.45, 2.75) is 18.8 Å². The number of halogens is 1. The Kier molecular flexibility index (Phi) is 4.49. The van der Waals surface area contributed by atoms with Crippen LogP contribution < -0.4 is 4.90 Å². The van der Waals surface area contributed by atoms with E-state index < -0.39 is 12.9 Å². The fourth-order valence-electron chi connectivity index (χ4n) is 4.49. The Morgan fingerprint density at radius 3 is 2.61 bits per heavy atom. The first kappa shape index (κ1) is 17.5. The highest BCUT2D eigenvalue weighted by molar-refractivity contribution is 5.89. The summed E-state index contributed by atoms with van der Waals surface area (Å²) in [6.07, 6.45) is 7.56. The van der Waals surface area contributed by atoms with Crippen LogP contribution in [0.1, 0.15) is 34.3 Å². The molecule has 4 aromatic rings. The molecule has 5 rings (SSSR count). The quantitative estimate of drug-likeness (QED) is 0.446. The number of hydrogen-bond acceptors (Lipinski definition) is 6. The van der Waals surface area contributed by atoms with Crippen molar-refractivity contribution in [2.75, 3.05) is 18.0 Å². The SMILES string of the molecule is [2H]C([2H])([2H])n1cnnc1C1CCN(c2c(-c3ccc(F)nc3)ccc(-c3cnn(C)c3)c2C#N)CC1. The van der Waals surface area contributed by atoms with Gasteiger partial charge in [0.2, 0.25) is 5.95 Å². The van der Waals surface area contributed by atoms with Crippen molar-refractivity contribution in [3.8, 4) is 28.3 Å². The highest BCUT2D eigenvalue weighted by atomic mass is 19.1. The van der Waals surface area contributed by atoms with Gasteiger partial charge in [-0.25, -0.2) is 4.98 Å². The minimum Gasteiger partial charge on any atom is -0.370 e. The number of nitrogens with zero attached hydrogens (tertiary/aromatic N) is 8. The standard InChI is InChI=1S/C24H23FN8/c1-31-15-28-30-24(31)16-7-9-33(10-8-16)23-20(17-3-6-22(25)27-12-17)5-4-19(21(23)11-26)18-13-29-32(2)14-18/h3-6,12-16H,7-10H2,1-2H3/i1D3. The number of pyridine rings is 1. The van der Waals surface area contributed by atoms with Gasteiger partial charge in [0.15, 0.2) is 0 Å². The van der Waals surface area contributed by atoms with Gasteiger partial charge in [-0.3, -0.25) is 4.68 Å². The Balaban J connectivity index is 1.55. The van der Waals surface area contributed by atoms with Crippen molar-refractivity contribution in [1.29, 1.82) is 5.26 Å². The summed E-state index contributed by atoms with van der Waals surface area (Å²) in [4.78, 5) is 5.94. The molecule has 0 spiro atoms. The monoisotopic (exact) mass is 445 g/mol. The van der Waals surface area contributed by atoms with Crippen molar-refractivity contribution < 1.29 is 8.50 Å². The van der Waals surface area contributed by atoms with Crippen LogP contribution in [0.5, 0.6) is 0 Å². The molecule has 9 heteroatoms. The third kappa shape index (κ3) is 3.84. The second kappa shape index (κ2) is 8.47. The average Bonchev–Trinajstić information content (AvgIpc) is 3.53. The third-order valence-electron chi connectivity index (χ3n) is 6.09. The lowest BCUT2D eigenvalue weighted by molar-refractivity contribution is 0.474. The first-order valence-corrected chi connectivity index (χ1v) is 10.6. The summed E-state index contributed by atoms with van der Waals surface area (Å²) in [6.45, 7) is -1.19. The summed E-state index contributed by atoms with van der Waals surface area (Å²) in [5.74, 6) is -0.207. The molecule has 0 radical (unpaired) electrons. The van der Waals surface area contributed by atoms with Crippen molar-refractivity contribution >= 4 is 5.69 Å². The number of anilines is 1. The van der Waals surface area contributed by atoms with Gasteiger partial charge in [0.25, 0.3) is 0 Å². The van der Waals surface area contributed by atoms with Gasteiger partial charge in [0, 0.05) is 71.8 Å². The molecule has 8 nitrogen and oxygen atoms in total. The molecule has 0 atom stereocenters. The number of benzene rings is 1. The van der Waals surface area contributed by atoms with Crippen LogP contribution in [0.15, 0.2) is 49.2 Å². The summed E-state index contributed by atoms with van der Waals surface area (Å²) in [6, 6.07) is 9.13. The van der Waals surface area contributed by atoms with E-state index in [-0.39, 0.29) is 5.92 Å². The maximum absolute atomic E-state index is 13.5. The van der Waals surface area contributed by atoms with Gasteiger partial charge in [0.1, 0.15) is 18.2 Å². The molecular weight excluding hydrogens is 419 g/mol. The molecule has 0 aliphatic carbocycles. The fraction of sp³-hybridized carbons (Fsp3) is 0.292. The van der Waals surface area contributed by atoms with Gasteiger partial charge in [-0.05, 0) is 25.0 Å². The van der Waals surface area contributed by atoms with E-state index in [2.05, 4.69) is 31.2 Å². The third-order valence-corrected chi connectivity index (χ3v) is 6.09. The maximum atomic E-state index is 13.5. The normalized spacial score (nSPS) is 16.2. The van der Waals surface area contributed by atoms with E-state index in [4.69, 9.17) is 4.11 Å². The molecule has 166 valence electrons. The molecule has 0 bridgehead atoms. The van der Waals surface area contributed by atoms with Crippen LogP contribution in [0.25, 0.3) is 22.3 Å². The van der Waals surface area contributed by atoms with Crippen molar-refractivity contribution in [3.63, 3.8) is 0 Å². The van der Waals surface area contributed by atoms with Crippen LogP contribution in [-0.4, -0.2) is 42.6 Å². The molecule has 0 unspecified atom stereocenters. The van der Waals surface area contributed by atoms with Gasteiger partial charge in [-0.2, -0.15) is 14.8 Å². The van der Waals surface area contributed by atoms with E-state index in [1.807, 2.05) is 25.4 Å². The lowest BCUT2D eigenvalue weighted by atomic mass is 9.90. The summed E-state index contributed by atoms with van der Waals surface area (Å²) >= 11 is 0. The second-order valence-electron chi connectivity index (χ2n) is 8.09. The number of rotatable bonds is 4. The van der Waals surface area contributed by atoms with E-state index in [9.17, 15) is 9.65 Å². The predicted octanol–water partition coefficient (Wildman–Crippen LogP) is 3.67. The highest BCUT2D eigenvalue weighted by Crippen LogP contribution is 2.41. The molecule has 1 fully saturated rings. The molecule has 1 aromatic carbocycles. The van der Waals surface area contributed by atoms with Gasteiger partial charge in [0.05, 0.1) is 17.4 Å². The number of piperidine rings is 1. The first-order valence-electron chi connectivity index (χ1n) is 12.1. The Morgan fingerprint density at radius 1 is 1.12 bits per heavy atom. The zero-order valence-corrected chi connectivity index (χ0v) is 18.0. The van der Waals surface area contributed by atoms with Crippen molar-refractivity contribution in [1.82, 2.24) is 29.5 Å². The number of hydrogen-bond donors (Lipinski definition) is 0. The van der Waals surface area contributed by atoms with Gasteiger partial charge < -0.3 is 9.47 Å². The Labute approximate surface area is 195 Å². The molecule has 1 saturated heterocycles. The Hall–Kier alpha value is -4.06. The zero-order chi connectivity index (χ0) is 25.4. The summed E-state index contributed by atoms with van der Waals surface area (Å²) in [7, 11) is 1.82. The van der Waals surface area contributed by atoms with E-state index >= 15 is 0 Å². The summed E-state index contributed by atoms with van der Waals surface area (Å²) in [5.41, 5.74) is 4.28. The predicted molar refractivity (Wildman–Crippen MR) is 122 cm³/mol. The minimum absolute atomic E-state index is 0.0767. The molecular formula is C24H23FN8. The van der Waals surface area contributed by atoms with E-state index in [0.717, 1.165) is 26.9 Å². The lowest BCUT2D eigenvalue weighted by Crippen LogP contribution is -2.34. The van der Waals surface area contributed by atoms with Crippen LogP contribution in [0, 0.1) is 17.3 Å². The first-order chi connectivity index (χ1) is 17.3. The number of aryl methyl sites for hydroxylation is 2. The van der Waals surface area contributed by atoms with Crippen molar-refractivity contribution in [2.24, 2.45) is 14.0 Å². The van der Waals surface area contributed by atoms with Gasteiger partial charge in [-0.1, -0.05) is 12.1 Å². The van der Waals surface area contributed by atoms with Crippen LogP contribution in [0.3, 0.4) is 0 Å². The zero-order valence-electron chi connectivity index (χ0n) is 21.0. The lowest BCUT2D eigenvalue weighted by Gasteiger charge is -2.35. The Morgan fingerprint density at radius 2 is 1.94 bits per heavy atom. The van der Waals surface area contributed by atoms with E-state index in [1.54, 1.807) is 16.9 Å². The molecule has 0 N–H and O–H groups in total. The van der Waals surface area contributed by atoms with Gasteiger partial charge >= 0.3 is 0 Å². The molecule has 0 amide bonds. The summed E-state index contributed by atoms with van der Waals surface area (Å²) in [5, 5.41) is 22.4. The number of nitriles is 1. The molecule has 3 aromatic heterocycles. The average molecular weight is 446 g/mol. The Bertz CT molecular complexity index is 1430. The van der Waals surface area contributed by atoms with Crippen molar-refractivity contribution in [3.05, 3.63) is 66.5 Å². The van der Waals surface area contributed by atoms with E-state index in [0.29, 0.717) is 42.9 Å². The van der Waals surface area contributed by atoms with Crippen LogP contribution in [0.2, 0.25) is 0 Å². The van der Waals surface area contributed by atoms with Crippen LogP contribution >= 0.6 is 0 Å². The molecule has 33 heavy (non-hydrogen) atoms. The second-order valence-corrected chi connectivity index (χ2v) is 8.09. The molecule has 0 saturated carbocycles. The van der Waals surface area contributed by atoms with E-state index in [1.165, 1.54) is 18.6 Å². The molecule has 1 aliphatic heterocycles. The minimum atomic E-state index is -2.34. The van der Waals surface area contributed by atoms with Crippen LogP contribution in [0.4, 0.5) is 10.1 Å². The summed E-state index contributed by atoms with van der Waals surface area (Å²) < 4.78 is 39.6. The smallest absolute Gasteiger partial charge is 0.212 e. The maximum Gasteiger partial charge on any atom is 0.212 e. The largest absolute Gasteiger partial charge is 0.370 e. The fourth-order valence-corrected chi connectivity index (χ4v) is 4.49. The topological polar surface area (TPSA) is 88.4 Å².